The third-order valence-corrected chi connectivity index (χ3v) is 5.11. The molecule has 0 saturated carbocycles. The molecule has 0 radical (unpaired) electrons. The van der Waals surface area contributed by atoms with Crippen LogP contribution in [0.3, 0.4) is 0 Å². The number of halogens is 1. The minimum absolute atomic E-state index is 0.0204. The fourth-order valence-corrected chi connectivity index (χ4v) is 3.34. The number of carboxylic acid groups (broad SMARTS) is 1. The second kappa shape index (κ2) is 10.6. The zero-order valence-corrected chi connectivity index (χ0v) is 18.8. The summed E-state index contributed by atoms with van der Waals surface area (Å²) in [4.78, 5) is 51.6. The summed E-state index contributed by atoms with van der Waals surface area (Å²) in [5.41, 5.74) is 0.977. The molecule has 3 aromatic rings. The topological polar surface area (TPSA) is 136 Å². The Balaban J connectivity index is 2.01. The molecule has 9 nitrogen and oxygen atoms in total. The Labute approximate surface area is 198 Å². The summed E-state index contributed by atoms with van der Waals surface area (Å²) < 4.78 is 19.8. The highest BCUT2D eigenvalue weighted by Crippen LogP contribution is 2.24. The van der Waals surface area contributed by atoms with Gasteiger partial charge in [-0.3, -0.25) is 9.36 Å². The van der Waals surface area contributed by atoms with Crippen molar-refractivity contribution < 1.29 is 33.7 Å². The molecule has 0 aliphatic carbocycles. The number of rotatable bonds is 8. The summed E-state index contributed by atoms with van der Waals surface area (Å²) >= 11 is 0. The molecule has 180 valence electrons. The number of carbonyl (C=O) groups is 3. The van der Waals surface area contributed by atoms with Gasteiger partial charge in [0.2, 0.25) is 0 Å². The van der Waals surface area contributed by atoms with Gasteiger partial charge in [-0.1, -0.05) is 24.3 Å². The molecule has 1 aromatic heterocycles. The zero-order chi connectivity index (χ0) is 25.7. The van der Waals surface area contributed by atoms with Crippen molar-refractivity contribution in [2.45, 2.75) is 20.4 Å². The van der Waals surface area contributed by atoms with Gasteiger partial charge in [0.15, 0.2) is 0 Å². The molecule has 10 heteroatoms. The molecule has 3 rings (SSSR count). The van der Waals surface area contributed by atoms with Gasteiger partial charge in [0.25, 0.3) is 5.78 Å². The minimum atomic E-state index is -1.70. The van der Waals surface area contributed by atoms with Gasteiger partial charge in [0.1, 0.15) is 17.1 Å². The van der Waals surface area contributed by atoms with E-state index in [-0.39, 0.29) is 30.0 Å². The number of esters is 1. The third-order valence-electron chi connectivity index (χ3n) is 5.11. The first-order chi connectivity index (χ1) is 16.6. The summed E-state index contributed by atoms with van der Waals surface area (Å²) in [6.45, 7) is 3.34. The lowest BCUT2D eigenvalue weighted by molar-refractivity contribution is -0.146. The van der Waals surface area contributed by atoms with Crippen LogP contribution in [0.25, 0.3) is 17.0 Å². The molecule has 0 bridgehead atoms. The first kappa shape index (κ1) is 25.0. The van der Waals surface area contributed by atoms with E-state index in [1.54, 1.807) is 26.0 Å². The van der Waals surface area contributed by atoms with E-state index >= 15 is 0 Å². The Morgan fingerprint density at radius 2 is 1.69 bits per heavy atom. The van der Waals surface area contributed by atoms with Gasteiger partial charge < -0.3 is 14.9 Å². The smallest absolute Gasteiger partial charge is 0.376 e. The van der Waals surface area contributed by atoms with Crippen LogP contribution < -0.4 is 5.69 Å². The standard InChI is InChI=1S/C25H21FN2O7/c1-3-35-24(33)21-14(2)28(25(34)27-22(21)17-8-10-18(26)11-9-17)13-15-4-6-16(7-5-15)19(29)12-20(30)23(31)32/h4-12,29H,3,13H2,1-2H3,(H,31,32). The normalized spacial score (nSPS) is 11.2. The minimum Gasteiger partial charge on any atom is -0.507 e. The monoisotopic (exact) mass is 480 g/mol. The van der Waals surface area contributed by atoms with E-state index in [1.807, 2.05) is 0 Å². The van der Waals surface area contributed by atoms with E-state index in [9.17, 15) is 28.7 Å². The van der Waals surface area contributed by atoms with Gasteiger partial charge in [-0.15, -0.1) is 0 Å². The summed E-state index contributed by atoms with van der Waals surface area (Å²) in [5, 5.41) is 18.6. The second-order valence-corrected chi connectivity index (χ2v) is 7.41. The molecule has 0 unspecified atom stereocenters. The second-order valence-electron chi connectivity index (χ2n) is 7.41. The molecule has 2 N–H and O–H groups in total. The van der Waals surface area contributed by atoms with Crippen LogP contribution in [0.5, 0.6) is 0 Å². The molecule has 2 aromatic carbocycles. The number of nitrogens with zero attached hydrogens (tertiary/aromatic N) is 2. The quantitative estimate of drug-likeness (QED) is 0.217. The molecule has 0 aliphatic rings. The first-order valence-corrected chi connectivity index (χ1v) is 10.4. The van der Waals surface area contributed by atoms with Crippen molar-refractivity contribution >= 4 is 23.5 Å². The summed E-state index contributed by atoms with van der Waals surface area (Å²) in [6.07, 6.45) is 0.593. The average Bonchev–Trinajstić information content (AvgIpc) is 2.82. The van der Waals surface area contributed by atoms with E-state index in [2.05, 4.69) is 4.98 Å². The van der Waals surface area contributed by atoms with Crippen LogP contribution in [0.1, 0.15) is 34.1 Å². The van der Waals surface area contributed by atoms with Gasteiger partial charge in [0, 0.05) is 22.9 Å². The number of hydrogen-bond acceptors (Lipinski definition) is 7. The van der Waals surface area contributed by atoms with Crippen molar-refractivity contribution in [2.24, 2.45) is 0 Å². The van der Waals surface area contributed by atoms with E-state index in [0.717, 1.165) is 0 Å². The van der Waals surface area contributed by atoms with E-state index in [4.69, 9.17) is 9.84 Å². The average molecular weight is 480 g/mol. The zero-order valence-electron chi connectivity index (χ0n) is 18.8. The van der Waals surface area contributed by atoms with Crippen LogP contribution in [-0.4, -0.2) is 44.1 Å². The van der Waals surface area contributed by atoms with Crippen LogP contribution >= 0.6 is 0 Å². The van der Waals surface area contributed by atoms with Gasteiger partial charge >= 0.3 is 17.6 Å². The predicted molar refractivity (Wildman–Crippen MR) is 123 cm³/mol. The van der Waals surface area contributed by atoms with Gasteiger partial charge in [-0.25, -0.2) is 18.8 Å². The number of aliphatic hydroxyl groups is 1. The molecule has 0 spiro atoms. The maximum Gasteiger partial charge on any atom is 0.376 e. The van der Waals surface area contributed by atoms with Gasteiger partial charge in [0.05, 0.1) is 18.8 Å². The lowest BCUT2D eigenvalue weighted by Crippen LogP contribution is -2.29. The summed E-state index contributed by atoms with van der Waals surface area (Å²) in [5.74, 6) is -4.65. The summed E-state index contributed by atoms with van der Waals surface area (Å²) in [6, 6.07) is 11.2. The molecule has 0 aliphatic heterocycles. The van der Waals surface area contributed by atoms with E-state index in [0.29, 0.717) is 22.9 Å². The number of aromatic nitrogens is 2. The van der Waals surface area contributed by atoms with Crippen LogP contribution in [0.4, 0.5) is 4.39 Å². The van der Waals surface area contributed by atoms with Crippen LogP contribution in [0, 0.1) is 12.7 Å². The van der Waals surface area contributed by atoms with Gasteiger partial charge in [-0.2, -0.15) is 4.98 Å². The van der Waals surface area contributed by atoms with Crippen molar-refractivity contribution in [3.8, 4) is 11.3 Å². The highest BCUT2D eigenvalue weighted by atomic mass is 19.1. The largest absolute Gasteiger partial charge is 0.507 e. The number of ether oxygens (including phenoxy) is 1. The number of carboxylic acids is 1. The van der Waals surface area contributed by atoms with E-state index in [1.165, 1.54) is 41.0 Å². The number of aliphatic hydroxyl groups excluding tert-OH is 1. The number of benzene rings is 2. The molecule has 0 atom stereocenters. The maximum absolute atomic E-state index is 13.4. The van der Waals surface area contributed by atoms with E-state index < -0.39 is 35.0 Å². The Morgan fingerprint density at radius 1 is 1.06 bits per heavy atom. The van der Waals surface area contributed by atoms with Crippen LogP contribution in [0.15, 0.2) is 59.4 Å². The highest BCUT2D eigenvalue weighted by Gasteiger charge is 2.23. The fraction of sp³-hybridized carbons (Fsp3) is 0.160. The SMILES string of the molecule is CCOC(=O)c1c(-c2ccc(F)cc2)nc(=O)n(Cc2ccc(C(O)=CC(=O)C(=O)O)cc2)c1C. The molecule has 0 saturated heterocycles. The maximum atomic E-state index is 13.4. The third kappa shape index (κ3) is 5.67. The molecule has 0 fully saturated rings. The fourth-order valence-electron chi connectivity index (χ4n) is 3.34. The van der Waals surface area contributed by atoms with Crippen LogP contribution in [0.2, 0.25) is 0 Å². The molecular weight excluding hydrogens is 459 g/mol. The predicted octanol–water partition coefficient (Wildman–Crippen LogP) is 3.14. The van der Waals surface area contributed by atoms with Crippen molar-refractivity contribution in [2.75, 3.05) is 6.61 Å². The number of hydrogen-bond donors (Lipinski definition) is 2. The number of aliphatic carboxylic acids is 1. The summed E-state index contributed by atoms with van der Waals surface area (Å²) in [7, 11) is 0. The Hall–Kier alpha value is -4.60. The Bertz CT molecular complexity index is 1370. The van der Waals surface area contributed by atoms with Crippen molar-refractivity contribution in [3.05, 3.63) is 93.3 Å². The molecular formula is C25H21FN2O7. The van der Waals surface area contributed by atoms with Gasteiger partial charge in [-0.05, 0) is 43.7 Å². The van der Waals surface area contributed by atoms with Crippen molar-refractivity contribution in [1.29, 1.82) is 0 Å². The number of ketones is 1. The Morgan fingerprint density at radius 3 is 2.26 bits per heavy atom. The van der Waals surface area contributed by atoms with Crippen LogP contribution in [-0.2, 0) is 20.9 Å². The lowest BCUT2D eigenvalue weighted by Gasteiger charge is -2.16. The Kier molecular flexibility index (Phi) is 7.55. The lowest BCUT2D eigenvalue weighted by atomic mass is 10.0. The van der Waals surface area contributed by atoms with Crippen molar-refractivity contribution in [1.82, 2.24) is 9.55 Å². The molecule has 1 heterocycles. The number of carbonyl (C=O) groups excluding carboxylic acids is 2. The molecule has 0 amide bonds. The first-order valence-electron chi connectivity index (χ1n) is 10.4. The molecule has 35 heavy (non-hydrogen) atoms. The highest BCUT2D eigenvalue weighted by molar-refractivity contribution is 6.38. The van der Waals surface area contributed by atoms with Crippen molar-refractivity contribution in [3.63, 3.8) is 0 Å².